The molecule has 0 aliphatic carbocycles. The molecule has 110 valence electrons. The SMILES string of the molecule is O=C(CCNC(=O)c1ccco1)OCc1ccccc1Cl. The van der Waals surface area contributed by atoms with Crippen LogP contribution in [-0.2, 0) is 16.1 Å². The van der Waals surface area contributed by atoms with Crippen LogP contribution in [0.25, 0.3) is 0 Å². The third kappa shape index (κ3) is 4.65. The molecule has 1 heterocycles. The van der Waals surface area contributed by atoms with E-state index in [9.17, 15) is 9.59 Å². The predicted molar refractivity (Wildman–Crippen MR) is 76.9 cm³/mol. The Hall–Kier alpha value is -2.27. The zero-order chi connectivity index (χ0) is 15.1. The second-order valence-electron chi connectivity index (χ2n) is 4.24. The first kappa shape index (κ1) is 15.1. The van der Waals surface area contributed by atoms with Crippen molar-refractivity contribution in [3.63, 3.8) is 0 Å². The second-order valence-corrected chi connectivity index (χ2v) is 4.64. The Balaban J connectivity index is 1.68. The first-order chi connectivity index (χ1) is 10.2. The number of amides is 1. The lowest BCUT2D eigenvalue weighted by atomic mass is 10.2. The van der Waals surface area contributed by atoms with Crippen LogP contribution < -0.4 is 5.32 Å². The Bertz CT molecular complexity index is 610. The average Bonchev–Trinajstić information content (AvgIpc) is 3.00. The number of rotatable bonds is 6. The number of furan rings is 1. The first-order valence-electron chi connectivity index (χ1n) is 6.37. The van der Waals surface area contributed by atoms with Crippen LogP contribution >= 0.6 is 11.6 Å². The third-order valence-corrected chi connectivity index (χ3v) is 3.07. The van der Waals surface area contributed by atoms with E-state index in [1.807, 2.05) is 6.07 Å². The summed E-state index contributed by atoms with van der Waals surface area (Å²) in [5.41, 5.74) is 0.743. The Morgan fingerprint density at radius 3 is 2.71 bits per heavy atom. The summed E-state index contributed by atoms with van der Waals surface area (Å²) in [6, 6.07) is 10.3. The van der Waals surface area contributed by atoms with E-state index in [2.05, 4.69) is 5.32 Å². The van der Waals surface area contributed by atoms with Crippen molar-refractivity contribution in [3.8, 4) is 0 Å². The maximum atomic E-state index is 11.6. The van der Waals surface area contributed by atoms with Gasteiger partial charge in [0, 0.05) is 17.1 Å². The van der Waals surface area contributed by atoms with Crippen molar-refractivity contribution in [2.75, 3.05) is 6.54 Å². The van der Waals surface area contributed by atoms with Crippen LogP contribution in [-0.4, -0.2) is 18.4 Å². The summed E-state index contributed by atoms with van der Waals surface area (Å²) >= 11 is 5.95. The van der Waals surface area contributed by atoms with Gasteiger partial charge in [-0.05, 0) is 18.2 Å². The van der Waals surface area contributed by atoms with Gasteiger partial charge in [0.25, 0.3) is 5.91 Å². The fourth-order valence-corrected chi connectivity index (χ4v) is 1.81. The highest BCUT2D eigenvalue weighted by atomic mass is 35.5. The van der Waals surface area contributed by atoms with Crippen molar-refractivity contribution < 1.29 is 18.7 Å². The molecular weight excluding hydrogens is 294 g/mol. The molecule has 0 spiro atoms. The Labute approximate surface area is 126 Å². The highest BCUT2D eigenvalue weighted by molar-refractivity contribution is 6.31. The van der Waals surface area contributed by atoms with Crippen LogP contribution in [0.2, 0.25) is 5.02 Å². The van der Waals surface area contributed by atoms with Gasteiger partial charge in [0.05, 0.1) is 12.7 Å². The number of halogens is 1. The molecule has 0 unspecified atom stereocenters. The zero-order valence-corrected chi connectivity index (χ0v) is 11.9. The fraction of sp³-hybridized carbons (Fsp3) is 0.200. The van der Waals surface area contributed by atoms with Crippen LogP contribution in [0.1, 0.15) is 22.5 Å². The topological polar surface area (TPSA) is 68.5 Å². The monoisotopic (exact) mass is 307 g/mol. The van der Waals surface area contributed by atoms with E-state index in [0.29, 0.717) is 5.02 Å². The minimum absolute atomic E-state index is 0.0803. The number of benzene rings is 1. The first-order valence-corrected chi connectivity index (χ1v) is 6.75. The predicted octanol–water partition coefficient (Wildman–Crippen LogP) is 2.80. The van der Waals surface area contributed by atoms with Crippen LogP contribution in [0.4, 0.5) is 0 Å². The normalized spacial score (nSPS) is 10.1. The van der Waals surface area contributed by atoms with Gasteiger partial charge in [-0.2, -0.15) is 0 Å². The van der Waals surface area contributed by atoms with Crippen LogP contribution in [0.15, 0.2) is 47.1 Å². The summed E-state index contributed by atoms with van der Waals surface area (Å²) in [7, 11) is 0. The van der Waals surface area contributed by atoms with Crippen molar-refractivity contribution in [1.29, 1.82) is 0 Å². The lowest BCUT2D eigenvalue weighted by Gasteiger charge is -2.07. The van der Waals surface area contributed by atoms with Crippen molar-refractivity contribution in [2.45, 2.75) is 13.0 Å². The molecule has 2 aromatic rings. The van der Waals surface area contributed by atoms with Gasteiger partial charge < -0.3 is 14.5 Å². The summed E-state index contributed by atoms with van der Waals surface area (Å²) in [5, 5.41) is 3.12. The van der Waals surface area contributed by atoms with Crippen LogP contribution in [0.3, 0.4) is 0 Å². The number of hydrogen-bond acceptors (Lipinski definition) is 4. The van der Waals surface area contributed by atoms with E-state index in [0.717, 1.165) is 5.56 Å². The Kier molecular flexibility index (Phi) is 5.40. The molecule has 0 aliphatic heterocycles. The van der Waals surface area contributed by atoms with Gasteiger partial charge in [-0.15, -0.1) is 0 Å². The van der Waals surface area contributed by atoms with Gasteiger partial charge in [-0.3, -0.25) is 9.59 Å². The van der Waals surface area contributed by atoms with E-state index in [-0.39, 0.29) is 31.2 Å². The average molecular weight is 308 g/mol. The minimum atomic E-state index is -0.408. The molecule has 0 saturated heterocycles. The van der Waals surface area contributed by atoms with E-state index in [4.69, 9.17) is 20.8 Å². The largest absolute Gasteiger partial charge is 0.461 e. The summed E-state index contributed by atoms with van der Waals surface area (Å²) in [4.78, 5) is 23.1. The van der Waals surface area contributed by atoms with Gasteiger partial charge in [-0.1, -0.05) is 29.8 Å². The minimum Gasteiger partial charge on any atom is -0.461 e. The summed E-state index contributed by atoms with van der Waals surface area (Å²) in [6.07, 6.45) is 1.49. The molecule has 1 N–H and O–H groups in total. The summed E-state index contributed by atoms with van der Waals surface area (Å²) < 4.78 is 10.0. The molecule has 0 bridgehead atoms. The molecule has 2 rings (SSSR count). The molecule has 1 aromatic heterocycles. The van der Waals surface area contributed by atoms with Crippen LogP contribution in [0.5, 0.6) is 0 Å². The number of esters is 1. The van der Waals surface area contributed by atoms with E-state index in [1.165, 1.54) is 6.26 Å². The molecule has 0 radical (unpaired) electrons. The number of carbonyl (C=O) groups is 2. The van der Waals surface area contributed by atoms with Gasteiger partial charge in [-0.25, -0.2) is 0 Å². The lowest BCUT2D eigenvalue weighted by Crippen LogP contribution is -2.26. The van der Waals surface area contributed by atoms with E-state index < -0.39 is 5.97 Å². The fourth-order valence-electron chi connectivity index (χ4n) is 1.62. The maximum absolute atomic E-state index is 11.6. The van der Waals surface area contributed by atoms with Crippen molar-refractivity contribution in [3.05, 3.63) is 59.0 Å². The van der Waals surface area contributed by atoms with E-state index >= 15 is 0 Å². The number of nitrogens with one attached hydrogen (secondary N) is 1. The molecule has 5 nitrogen and oxygen atoms in total. The number of hydrogen-bond donors (Lipinski definition) is 1. The lowest BCUT2D eigenvalue weighted by molar-refractivity contribution is -0.144. The van der Waals surface area contributed by atoms with Crippen molar-refractivity contribution in [1.82, 2.24) is 5.32 Å². The van der Waals surface area contributed by atoms with Crippen molar-refractivity contribution >= 4 is 23.5 Å². The van der Waals surface area contributed by atoms with E-state index in [1.54, 1.807) is 30.3 Å². The summed E-state index contributed by atoms with van der Waals surface area (Å²) in [6.45, 7) is 0.297. The highest BCUT2D eigenvalue weighted by Gasteiger charge is 2.09. The molecule has 0 aliphatic rings. The van der Waals surface area contributed by atoms with Gasteiger partial charge in [0.2, 0.25) is 0 Å². The number of ether oxygens (including phenoxy) is 1. The third-order valence-electron chi connectivity index (χ3n) is 2.71. The van der Waals surface area contributed by atoms with Gasteiger partial charge >= 0.3 is 5.97 Å². The van der Waals surface area contributed by atoms with Gasteiger partial charge in [0.15, 0.2) is 5.76 Å². The molecule has 1 aromatic carbocycles. The summed E-state index contributed by atoms with van der Waals surface area (Å²) in [5.74, 6) is -0.562. The second kappa shape index (κ2) is 7.50. The number of carbonyl (C=O) groups excluding carboxylic acids is 2. The molecule has 0 saturated carbocycles. The standard InChI is InChI=1S/C15H14ClNO4/c16-12-5-2-1-4-11(12)10-21-14(18)7-8-17-15(19)13-6-3-9-20-13/h1-6,9H,7-8,10H2,(H,17,19). The Morgan fingerprint density at radius 2 is 2.00 bits per heavy atom. The smallest absolute Gasteiger partial charge is 0.307 e. The Morgan fingerprint density at radius 1 is 1.19 bits per heavy atom. The van der Waals surface area contributed by atoms with Gasteiger partial charge in [0.1, 0.15) is 6.61 Å². The molecular formula is C15H14ClNO4. The quantitative estimate of drug-likeness (QED) is 0.833. The molecule has 0 atom stereocenters. The molecule has 6 heteroatoms. The van der Waals surface area contributed by atoms with Crippen LogP contribution in [0, 0.1) is 0 Å². The molecule has 21 heavy (non-hydrogen) atoms. The molecule has 1 amide bonds. The van der Waals surface area contributed by atoms with Crippen molar-refractivity contribution in [2.24, 2.45) is 0 Å². The molecule has 0 fully saturated rings. The maximum Gasteiger partial charge on any atom is 0.307 e. The highest BCUT2D eigenvalue weighted by Crippen LogP contribution is 2.15. The zero-order valence-electron chi connectivity index (χ0n) is 11.2.